The molecule has 218 valence electrons. The molecule has 40 heavy (non-hydrogen) atoms. The van der Waals surface area contributed by atoms with Gasteiger partial charge in [-0.2, -0.15) is 11.8 Å². The second kappa shape index (κ2) is 13.3. The first-order valence-electron chi connectivity index (χ1n) is 13.7. The number of alkyl carbamates (subject to hydrolysis) is 1. The van der Waals surface area contributed by atoms with Crippen LogP contribution in [0.3, 0.4) is 0 Å². The molecule has 0 spiro atoms. The summed E-state index contributed by atoms with van der Waals surface area (Å²) in [6, 6.07) is 9.45. The first-order chi connectivity index (χ1) is 18.7. The Bertz CT molecular complexity index is 1210. The van der Waals surface area contributed by atoms with E-state index in [2.05, 4.69) is 17.6 Å². The summed E-state index contributed by atoms with van der Waals surface area (Å²) in [5.41, 5.74) is 3.32. The monoisotopic (exact) mass is 587 g/mol. The Morgan fingerprint density at radius 3 is 2.27 bits per heavy atom. The SMILES string of the molecule is CSCCC(NC(=O)OC(C)(C)C)C(=O)N(C(C(=O)Nc1c(C)cccc1Cl)c1cc(C)cc(C)c1)C1CC1C. The molecular formula is C31H42ClN3O4S. The number of nitrogens with one attached hydrogen (secondary N) is 2. The van der Waals surface area contributed by atoms with Gasteiger partial charge in [-0.05, 0) is 89.5 Å². The minimum Gasteiger partial charge on any atom is -0.444 e. The third kappa shape index (κ3) is 8.40. The summed E-state index contributed by atoms with van der Waals surface area (Å²) in [5.74, 6) is 0.216. The van der Waals surface area contributed by atoms with Gasteiger partial charge >= 0.3 is 6.09 Å². The average molecular weight is 588 g/mol. The second-order valence-corrected chi connectivity index (χ2v) is 13.1. The zero-order valence-electron chi connectivity index (χ0n) is 24.8. The van der Waals surface area contributed by atoms with Crippen molar-refractivity contribution in [2.24, 2.45) is 5.92 Å². The van der Waals surface area contributed by atoms with E-state index in [1.807, 2.05) is 57.4 Å². The molecule has 2 N–H and O–H groups in total. The Morgan fingerprint density at radius 1 is 1.12 bits per heavy atom. The molecular weight excluding hydrogens is 546 g/mol. The van der Waals surface area contributed by atoms with Crippen molar-refractivity contribution in [3.05, 3.63) is 63.7 Å². The quantitative estimate of drug-likeness (QED) is 0.318. The highest BCUT2D eigenvalue weighted by atomic mass is 35.5. The van der Waals surface area contributed by atoms with Crippen LogP contribution < -0.4 is 10.6 Å². The lowest BCUT2D eigenvalue weighted by atomic mass is 9.97. The maximum absolute atomic E-state index is 14.4. The molecule has 0 heterocycles. The molecule has 7 nitrogen and oxygen atoms in total. The first-order valence-corrected chi connectivity index (χ1v) is 15.4. The van der Waals surface area contributed by atoms with Crippen LogP contribution >= 0.6 is 23.4 Å². The summed E-state index contributed by atoms with van der Waals surface area (Å²) in [7, 11) is 0. The van der Waals surface area contributed by atoms with Crippen LogP contribution in [0.25, 0.3) is 0 Å². The van der Waals surface area contributed by atoms with Crippen molar-refractivity contribution >= 4 is 47.0 Å². The number of aryl methyl sites for hydroxylation is 3. The van der Waals surface area contributed by atoms with E-state index in [4.69, 9.17) is 16.3 Å². The van der Waals surface area contributed by atoms with Crippen molar-refractivity contribution in [1.82, 2.24) is 10.2 Å². The number of hydrogen-bond acceptors (Lipinski definition) is 5. The van der Waals surface area contributed by atoms with Gasteiger partial charge in [-0.1, -0.05) is 60.0 Å². The fourth-order valence-electron chi connectivity index (χ4n) is 4.88. The van der Waals surface area contributed by atoms with Crippen LogP contribution in [-0.4, -0.2) is 52.5 Å². The van der Waals surface area contributed by atoms with E-state index >= 15 is 0 Å². The minimum absolute atomic E-state index is 0.145. The third-order valence-electron chi connectivity index (χ3n) is 6.83. The molecule has 9 heteroatoms. The van der Waals surface area contributed by atoms with Gasteiger partial charge in [0.25, 0.3) is 5.91 Å². The van der Waals surface area contributed by atoms with Crippen LogP contribution in [-0.2, 0) is 14.3 Å². The number of amides is 3. The Kier molecular flexibility index (Phi) is 10.6. The largest absolute Gasteiger partial charge is 0.444 e. The maximum Gasteiger partial charge on any atom is 0.408 e. The number of rotatable bonds is 10. The topological polar surface area (TPSA) is 87.7 Å². The fraction of sp³-hybridized carbons (Fsp3) is 0.516. The van der Waals surface area contributed by atoms with Gasteiger partial charge in [0.05, 0.1) is 10.7 Å². The van der Waals surface area contributed by atoms with Crippen LogP contribution in [0.15, 0.2) is 36.4 Å². The number of thioether (sulfide) groups is 1. The number of ether oxygens (including phenoxy) is 1. The summed E-state index contributed by atoms with van der Waals surface area (Å²) in [4.78, 5) is 43.1. The van der Waals surface area contributed by atoms with Crippen molar-refractivity contribution in [2.45, 2.75) is 85.0 Å². The van der Waals surface area contributed by atoms with Gasteiger partial charge in [0, 0.05) is 6.04 Å². The Labute approximate surface area is 247 Å². The second-order valence-electron chi connectivity index (χ2n) is 11.8. The van der Waals surface area contributed by atoms with Crippen LogP contribution in [0.2, 0.25) is 5.02 Å². The van der Waals surface area contributed by atoms with Crippen LogP contribution in [0.5, 0.6) is 0 Å². The Morgan fingerprint density at radius 2 is 1.75 bits per heavy atom. The number of halogens is 1. The smallest absolute Gasteiger partial charge is 0.408 e. The van der Waals surface area contributed by atoms with Gasteiger partial charge in [0.2, 0.25) is 5.91 Å². The number of benzene rings is 2. The molecule has 2 aromatic carbocycles. The molecule has 0 radical (unpaired) electrons. The molecule has 1 fully saturated rings. The van der Waals surface area contributed by atoms with Crippen molar-refractivity contribution < 1.29 is 19.1 Å². The molecule has 0 aromatic heterocycles. The lowest BCUT2D eigenvalue weighted by molar-refractivity contribution is -0.141. The molecule has 0 saturated heterocycles. The van der Waals surface area contributed by atoms with E-state index in [1.54, 1.807) is 43.5 Å². The van der Waals surface area contributed by atoms with Gasteiger partial charge in [0.1, 0.15) is 17.7 Å². The van der Waals surface area contributed by atoms with Crippen molar-refractivity contribution in [3.63, 3.8) is 0 Å². The van der Waals surface area contributed by atoms with Crippen molar-refractivity contribution in [1.29, 1.82) is 0 Å². The molecule has 0 bridgehead atoms. The normalized spacial score (nSPS) is 17.9. The lowest BCUT2D eigenvalue weighted by Gasteiger charge is -2.35. The summed E-state index contributed by atoms with van der Waals surface area (Å²) in [6.45, 7) is 13.2. The highest BCUT2D eigenvalue weighted by molar-refractivity contribution is 7.98. The molecule has 1 aliphatic rings. The van der Waals surface area contributed by atoms with Gasteiger partial charge in [-0.25, -0.2) is 4.79 Å². The molecule has 1 aliphatic carbocycles. The zero-order chi connectivity index (χ0) is 29.8. The van der Waals surface area contributed by atoms with E-state index in [-0.39, 0.29) is 23.8 Å². The van der Waals surface area contributed by atoms with E-state index in [0.717, 1.165) is 23.1 Å². The molecule has 4 unspecified atom stereocenters. The molecule has 2 aromatic rings. The summed E-state index contributed by atoms with van der Waals surface area (Å²) in [5, 5.41) is 6.25. The average Bonchev–Trinajstić information content (AvgIpc) is 3.55. The van der Waals surface area contributed by atoms with Crippen molar-refractivity contribution in [3.8, 4) is 0 Å². The molecule has 1 saturated carbocycles. The van der Waals surface area contributed by atoms with Gasteiger partial charge in [-0.15, -0.1) is 0 Å². The molecule has 3 amide bonds. The third-order valence-corrected chi connectivity index (χ3v) is 7.79. The van der Waals surface area contributed by atoms with Gasteiger partial charge in [0.15, 0.2) is 0 Å². The molecule has 3 rings (SSSR count). The van der Waals surface area contributed by atoms with Crippen LogP contribution in [0, 0.1) is 26.7 Å². The first kappa shape index (κ1) is 31.8. The lowest BCUT2D eigenvalue weighted by Crippen LogP contribution is -2.53. The van der Waals surface area contributed by atoms with Crippen LogP contribution in [0.1, 0.15) is 68.8 Å². The number of anilines is 1. The standard InChI is InChI=1S/C31H42ClN3O4S/c1-18-14-19(2)16-22(15-18)27(28(36)34-26-20(3)10-9-11-23(26)32)35(25-17-21(25)4)29(37)24(12-13-40-8)33-30(38)39-31(5,6)7/h9-11,14-16,21,24-25,27H,12-13,17H2,1-8H3,(H,33,38)(H,34,36). The molecule has 0 aliphatic heterocycles. The predicted octanol–water partition coefficient (Wildman–Crippen LogP) is 6.83. The minimum atomic E-state index is -0.922. The predicted molar refractivity (Wildman–Crippen MR) is 164 cm³/mol. The summed E-state index contributed by atoms with van der Waals surface area (Å²) in [6.07, 6.45) is 2.47. The maximum atomic E-state index is 14.4. The highest BCUT2D eigenvalue weighted by Gasteiger charge is 2.48. The number of nitrogens with zero attached hydrogens (tertiary/aromatic N) is 1. The summed E-state index contributed by atoms with van der Waals surface area (Å²) < 4.78 is 5.48. The Balaban J connectivity index is 2.08. The highest BCUT2D eigenvalue weighted by Crippen LogP contribution is 2.42. The van der Waals surface area contributed by atoms with E-state index in [1.165, 1.54) is 0 Å². The number of para-hydroxylation sites is 1. The number of carbonyl (C=O) groups excluding carboxylic acids is 3. The fourth-order valence-corrected chi connectivity index (χ4v) is 5.62. The van der Waals surface area contributed by atoms with E-state index < -0.39 is 23.8 Å². The number of hydrogen-bond donors (Lipinski definition) is 2. The zero-order valence-corrected chi connectivity index (χ0v) is 26.3. The van der Waals surface area contributed by atoms with Crippen molar-refractivity contribution in [2.75, 3.05) is 17.3 Å². The van der Waals surface area contributed by atoms with E-state index in [0.29, 0.717) is 28.4 Å². The molecule has 4 atom stereocenters. The number of carbonyl (C=O) groups is 3. The summed E-state index contributed by atoms with van der Waals surface area (Å²) >= 11 is 8.06. The Hall–Kier alpha value is -2.71. The van der Waals surface area contributed by atoms with Gasteiger partial charge in [-0.3, -0.25) is 9.59 Å². The van der Waals surface area contributed by atoms with E-state index in [9.17, 15) is 14.4 Å². The van der Waals surface area contributed by atoms with Gasteiger partial charge < -0.3 is 20.3 Å². The van der Waals surface area contributed by atoms with Crippen LogP contribution in [0.4, 0.5) is 10.5 Å².